The Morgan fingerprint density at radius 3 is 2.69 bits per heavy atom. The van der Waals surface area contributed by atoms with Gasteiger partial charge in [-0.3, -0.25) is 0 Å². The summed E-state index contributed by atoms with van der Waals surface area (Å²) in [4.78, 5) is 7.58. The lowest BCUT2D eigenvalue weighted by atomic mass is 10.2. The van der Waals surface area contributed by atoms with Crippen LogP contribution in [0.3, 0.4) is 0 Å². The van der Waals surface area contributed by atoms with Gasteiger partial charge in [-0.1, -0.05) is 11.6 Å². The van der Waals surface area contributed by atoms with Crippen LogP contribution in [0.2, 0.25) is 10.4 Å². The Kier molecular flexibility index (Phi) is 2.06. The zero-order valence-electron chi connectivity index (χ0n) is 6.26. The lowest BCUT2D eigenvalue weighted by Crippen LogP contribution is -1.87. The molecule has 0 bridgehead atoms. The molecule has 0 radical (unpaired) electrons. The Morgan fingerprint density at radius 1 is 1.15 bits per heavy atom. The summed E-state index contributed by atoms with van der Waals surface area (Å²) in [6.45, 7) is 0. The molecular weight excluding hydrogens is 214 g/mol. The van der Waals surface area contributed by atoms with Crippen molar-refractivity contribution >= 4 is 34.1 Å². The van der Waals surface area contributed by atoms with E-state index in [-0.39, 0.29) is 16.3 Å². The summed E-state index contributed by atoms with van der Waals surface area (Å²) in [6.07, 6.45) is 0. The number of hydrogen-bond acceptors (Lipinski definition) is 2. The Bertz CT molecular complexity index is 473. The summed E-state index contributed by atoms with van der Waals surface area (Å²) in [5.41, 5.74) is 0.534. The van der Waals surface area contributed by atoms with Crippen LogP contribution >= 0.6 is 23.2 Å². The predicted octanol–water partition coefficient (Wildman–Crippen LogP) is 3.08. The van der Waals surface area contributed by atoms with Crippen molar-refractivity contribution in [2.24, 2.45) is 0 Å². The number of rotatable bonds is 0. The number of fused-ring (bicyclic) bond motifs is 1. The molecule has 0 aliphatic heterocycles. The van der Waals surface area contributed by atoms with Crippen LogP contribution < -0.4 is 0 Å². The average molecular weight is 217 g/mol. The second-order valence-corrected chi connectivity index (χ2v) is 3.14. The van der Waals surface area contributed by atoms with Gasteiger partial charge in [0.25, 0.3) is 0 Å². The van der Waals surface area contributed by atoms with Gasteiger partial charge in [-0.05, 0) is 29.8 Å². The zero-order chi connectivity index (χ0) is 9.42. The van der Waals surface area contributed by atoms with E-state index in [4.69, 9.17) is 23.2 Å². The Hall–Kier alpha value is -0.930. The molecule has 2 aromatic rings. The largest absolute Gasteiger partial charge is 0.224 e. The molecule has 5 heteroatoms. The lowest BCUT2D eigenvalue weighted by Gasteiger charge is -1.99. The second kappa shape index (κ2) is 3.09. The fraction of sp³-hybridized carbons (Fsp3) is 0. The molecule has 2 nitrogen and oxygen atoms in total. The Labute approximate surface area is 83.3 Å². The van der Waals surface area contributed by atoms with E-state index in [0.29, 0.717) is 10.9 Å². The highest BCUT2D eigenvalue weighted by molar-refractivity contribution is 6.35. The number of halogens is 3. The first kappa shape index (κ1) is 8.66. The van der Waals surface area contributed by atoms with Crippen LogP contribution in [0, 0.1) is 5.82 Å². The molecule has 1 heterocycles. The first-order valence-corrected chi connectivity index (χ1v) is 4.21. The van der Waals surface area contributed by atoms with Gasteiger partial charge in [0.15, 0.2) is 0 Å². The quantitative estimate of drug-likeness (QED) is 0.500. The van der Waals surface area contributed by atoms with Crippen LogP contribution in [0.25, 0.3) is 10.9 Å². The van der Waals surface area contributed by atoms with Crippen molar-refractivity contribution in [1.29, 1.82) is 0 Å². The first-order chi connectivity index (χ1) is 6.16. The van der Waals surface area contributed by atoms with E-state index in [0.717, 1.165) is 0 Å². The molecule has 0 N–H and O–H groups in total. The second-order valence-electron chi connectivity index (χ2n) is 2.44. The molecule has 1 aromatic carbocycles. The summed E-state index contributed by atoms with van der Waals surface area (Å²) >= 11 is 11.3. The van der Waals surface area contributed by atoms with Gasteiger partial charge in [0.05, 0.1) is 5.52 Å². The summed E-state index contributed by atoms with van der Waals surface area (Å²) < 4.78 is 12.8. The van der Waals surface area contributed by atoms with Crippen molar-refractivity contribution in [2.75, 3.05) is 0 Å². The maximum Gasteiger partial charge on any atom is 0.224 e. The first-order valence-electron chi connectivity index (χ1n) is 3.45. The van der Waals surface area contributed by atoms with Gasteiger partial charge in [0.1, 0.15) is 11.0 Å². The SMILES string of the molecule is Fc1ccc2nc(Cl)nc(Cl)c2c1. The van der Waals surface area contributed by atoms with Crippen LogP contribution in [-0.4, -0.2) is 9.97 Å². The summed E-state index contributed by atoms with van der Waals surface area (Å²) in [6, 6.07) is 4.07. The van der Waals surface area contributed by atoms with Gasteiger partial charge >= 0.3 is 0 Å². The monoisotopic (exact) mass is 216 g/mol. The van der Waals surface area contributed by atoms with Crippen molar-refractivity contribution in [1.82, 2.24) is 9.97 Å². The van der Waals surface area contributed by atoms with E-state index in [9.17, 15) is 4.39 Å². The predicted molar refractivity (Wildman–Crippen MR) is 49.5 cm³/mol. The zero-order valence-corrected chi connectivity index (χ0v) is 7.77. The molecule has 0 aliphatic carbocycles. The third kappa shape index (κ3) is 1.57. The molecule has 0 atom stereocenters. The fourth-order valence-electron chi connectivity index (χ4n) is 1.04. The van der Waals surface area contributed by atoms with Crippen LogP contribution in [0.5, 0.6) is 0 Å². The van der Waals surface area contributed by atoms with Gasteiger partial charge in [-0.25, -0.2) is 14.4 Å². The third-order valence-corrected chi connectivity index (χ3v) is 2.04. The smallest absolute Gasteiger partial charge is 0.218 e. The summed E-state index contributed by atoms with van der Waals surface area (Å²) in [5, 5.41) is 0.685. The van der Waals surface area contributed by atoms with Crippen molar-refractivity contribution in [2.45, 2.75) is 0 Å². The molecule has 0 spiro atoms. The molecule has 0 aliphatic rings. The number of benzene rings is 1. The number of aromatic nitrogens is 2. The van der Waals surface area contributed by atoms with Gasteiger partial charge in [0.2, 0.25) is 5.28 Å². The van der Waals surface area contributed by atoms with Crippen molar-refractivity contribution in [3.8, 4) is 0 Å². The molecule has 0 fully saturated rings. The molecule has 0 saturated carbocycles. The molecular formula is C8H3Cl2FN2. The van der Waals surface area contributed by atoms with Gasteiger partial charge < -0.3 is 0 Å². The van der Waals surface area contributed by atoms with E-state index >= 15 is 0 Å². The highest BCUT2D eigenvalue weighted by Crippen LogP contribution is 2.22. The third-order valence-electron chi connectivity index (χ3n) is 1.58. The topological polar surface area (TPSA) is 25.8 Å². The highest BCUT2D eigenvalue weighted by Gasteiger charge is 2.04. The normalized spacial score (nSPS) is 10.7. The molecule has 0 unspecified atom stereocenters. The Morgan fingerprint density at radius 2 is 1.92 bits per heavy atom. The van der Waals surface area contributed by atoms with Crippen LogP contribution in [-0.2, 0) is 0 Å². The fourth-order valence-corrected chi connectivity index (χ4v) is 1.49. The van der Waals surface area contributed by atoms with Crippen molar-refractivity contribution < 1.29 is 4.39 Å². The lowest BCUT2D eigenvalue weighted by molar-refractivity contribution is 0.629. The Balaban J connectivity index is 2.87. The molecule has 13 heavy (non-hydrogen) atoms. The maximum atomic E-state index is 12.8. The van der Waals surface area contributed by atoms with Crippen LogP contribution in [0.1, 0.15) is 0 Å². The minimum absolute atomic E-state index is 0.0594. The molecule has 2 rings (SSSR count). The minimum atomic E-state index is -0.375. The summed E-state index contributed by atoms with van der Waals surface area (Å²) in [7, 11) is 0. The van der Waals surface area contributed by atoms with Crippen molar-refractivity contribution in [3.05, 3.63) is 34.5 Å². The van der Waals surface area contributed by atoms with E-state index in [1.807, 2.05) is 0 Å². The average Bonchev–Trinajstić information content (AvgIpc) is 2.06. The van der Waals surface area contributed by atoms with Gasteiger partial charge in [-0.2, -0.15) is 0 Å². The van der Waals surface area contributed by atoms with E-state index < -0.39 is 0 Å². The van der Waals surface area contributed by atoms with Gasteiger partial charge in [0, 0.05) is 5.39 Å². The van der Waals surface area contributed by atoms with Crippen LogP contribution in [0.15, 0.2) is 18.2 Å². The molecule has 0 amide bonds. The highest BCUT2D eigenvalue weighted by atomic mass is 35.5. The minimum Gasteiger partial charge on any atom is -0.218 e. The molecule has 0 saturated heterocycles. The summed E-state index contributed by atoms with van der Waals surface area (Å²) in [5.74, 6) is -0.375. The van der Waals surface area contributed by atoms with Crippen LogP contribution in [0.4, 0.5) is 4.39 Å². The molecule has 1 aromatic heterocycles. The van der Waals surface area contributed by atoms with Crippen molar-refractivity contribution in [3.63, 3.8) is 0 Å². The van der Waals surface area contributed by atoms with Gasteiger partial charge in [-0.15, -0.1) is 0 Å². The maximum absolute atomic E-state index is 12.8. The van der Waals surface area contributed by atoms with E-state index in [1.165, 1.54) is 18.2 Å². The van der Waals surface area contributed by atoms with E-state index in [1.54, 1.807) is 0 Å². The number of nitrogens with zero attached hydrogens (tertiary/aromatic N) is 2. The van der Waals surface area contributed by atoms with E-state index in [2.05, 4.69) is 9.97 Å². The number of hydrogen-bond donors (Lipinski definition) is 0. The molecule has 66 valence electrons. The standard InChI is InChI=1S/C8H3Cl2FN2/c9-7-5-3-4(11)1-2-6(5)12-8(10)13-7/h1-3H.